The maximum absolute atomic E-state index is 12.6. The van der Waals surface area contributed by atoms with Crippen molar-refractivity contribution >= 4 is 5.91 Å². The summed E-state index contributed by atoms with van der Waals surface area (Å²) in [5, 5.41) is 0. The predicted molar refractivity (Wildman–Crippen MR) is 86.1 cm³/mol. The number of likely N-dealkylation sites (N-methyl/N-ethyl adjacent to an activating group) is 1. The average Bonchev–Trinajstić information content (AvgIpc) is 2.51. The summed E-state index contributed by atoms with van der Waals surface area (Å²) in [6.45, 7) is 4.22. The van der Waals surface area contributed by atoms with E-state index in [0.717, 1.165) is 23.2 Å². The van der Waals surface area contributed by atoms with Gasteiger partial charge in [0.2, 0.25) is 0 Å². The number of aromatic nitrogens is 2. The molecule has 5 nitrogen and oxygen atoms in total. The zero-order chi connectivity index (χ0) is 16.3. The van der Waals surface area contributed by atoms with Crippen LogP contribution < -0.4 is 5.56 Å². The molecule has 0 saturated carbocycles. The molecule has 0 spiro atoms. The first-order chi connectivity index (χ1) is 10.4. The van der Waals surface area contributed by atoms with E-state index in [2.05, 4.69) is 4.98 Å². The molecule has 0 radical (unpaired) electrons. The van der Waals surface area contributed by atoms with Gasteiger partial charge in [0.1, 0.15) is 5.56 Å². The molecule has 0 saturated heterocycles. The number of carbonyl (C=O) groups is 1. The topological polar surface area (TPSA) is 55.2 Å². The lowest BCUT2D eigenvalue weighted by Gasteiger charge is -2.19. The van der Waals surface area contributed by atoms with Gasteiger partial charge in [-0.05, 0) is 49.6 Å². The Morgan fingerprint density at radius 1 is 1.27 bits per heavy atom. The molecule has 0 N–H and O–H groups in total. The number of hydrogen-bond donors (Lipinski definition) is 0. The highest BCUT2D eigenvalue weighted by atomic mass is 16.2. The molecule has 22 heavy (non-hydrogen) atoms. The lowest BCUT2D eigenvalue weighted by molar-refractivity contribution is 0.0793. The summed E-state index contributed by atoms with van der Waals surface area (Å²) in [6, 6.07) is 5.72. The molecule has 0 bridgehead atoms. The van der Waals surface area contributed by atoms with E-state index in [4.69, 9.17) is 0 Å². The Hall–Kier alpha value is -2.43. The van der Waals surface area contributed by atoms with Crippen LogP contribution in [0.15, 0.2) is 35.4 Å². The van der Waals surface area contributed by atoms with Crippen LogP contribution in [0.5, 0.6) is 0 Å². The Morgan fingerprint density at radius 3 is 2.55 bits per heavy atom. The van der Waals surface area contributed by atoms with Crippen LogP contribution in [0.4, 0.5) is 0 Å². The van der Waals surface area contributed by atoms with Crippen molar-refractivity contribution < 1.29 is 4.79 Å². The molecule has 5 heteroatoms. The molecule has 0 aromatic carbocycles. The fourth-order valence-corrected chi connectivity index (χ4v) is 2.38. The first kappa shape index (κ1) is 15.9. The maximum atomic E-state index is 12.6. The molecular formula is C17H21N3O2. The van der Waals surface area contributed by atoms with Gasteiger partial charge in [0, 0.05) is 38.7 Å². The van der Waals surface area contributed by atoms with E-state index in [-0.39, 0.29) is 17.0 Å². The average molecular weight is 299 g/mol. The van der Waals surface area contributed by atoms with Crippen LogP contribution in [0.2, 0.25) is 0 Å². The van der Waals surface area contributed by atoms with Gasteiger partial charge in [-0.3, -0.25) is 14.6 Å². The van der Waals surface area contributed by atoms with E-state index >= 15 is 0 Å². The van der Waals surface area contributed by atoms with Gasteiger partial charge >= 0.3 is 0 Å². The van der Waals surface area contributed by atoms with E-state index < -0.39 is 0 Å². The number of rotatable bonds is 4. The largest absolute Gasteiger partial charge is 0.341 e. The molecule has 0 fully saturated rings. The standard InChI is InChI=1S/C17H21N3O2/c1-12-11-13(2)20(4)17(22)15(12)16(21)19(3)10-7-14-5-8-18-9-6-14/h5-6,8-9,11H,7,10H2,1-4H3. The van der Waals surface area contributed by atoms with Crippen molar-refractivity contribution in [1.82, 2.24) is 14.5 Å². The van der Waals surface area contributed by atoms with Crippen molar-refractivity contribution in [2.75, 3.05) is 13.6 Å². The van der Waals surface area contributed by atoms with Gasteiger partial charge in [0.05, 0.1) is 0 Å². The third-order valence-electron chi connectivity index (χ3n) is 3.91. The van der Waals surface area contributed by atoms with Crippen LogP contribution in [0.3, 0.4) is 0 Å². The molecule has 0 aliphatic carbocycles. The summed E-state index contributed by atoms with van der Waals surface area (Å²) in [4.78, 5) is 30.5. The summed E-state index contributed by atoms with van der Waals surface area (Å²) < 4.78 is 1.51. The minimum absolute atomic E-state index is 0.229. The van der Waals surface area contributed by atoms with Gasteiger partial charge in [0.15, 0.2) is 0 Å². The van der Waals surface area contributed by atoms with Crippen molar-refractivity contribution in [2.45, 2.75) is 20.3 Å². The van der Waals surface area contributed by atoms with Gasteiger partial charge in [-0.1, -0.05) is 0 Å². The predicted octanol–water partition coefficient (Wildman–Crippen LogP) is 1.71. The SMILES string of the molecule is Cc1cc(C)n(C)c(=O)c1C(=O)N(C)CCc1ccncc1. The summed E-state index contributed by atoms with van der Waals surface area (Å²) in [5.74, 6) is -0.229. The Balaban J connectivity index is 2.18. The zero-order valence-electron chi connectivity index (χ0n) is 13.5. The highest BCUT2D eigenvalue weighted by Crippen LogP contribution is 2.09. The second-order valence-electron chi connectivity index (χ2n) is 5.54. The lowest BCUT2D eigenvalue weighted by atomic mass is 10.1. The summed E-state index contributed by atoms with van der Waals surface area (Å²) in [5.41, 5.74) is 2.70. The van der Waals surface area contributed by atoms with Crippen molar-refractivity contribution in [2.24, 2.45) is 7.05 Å². The maximum Gasteiger partial charge on any atom is 0.263 e. The van der Waals surface area contributed by atoms with E-state index in [1.807, 2.05) is 25.1 Å². The van der Waals surface area contributed by atoms with E-state index in [1.54, 1.807) is 38.3 Å². The third kappa shape index (κ3) is 3.24. The second kappa shape index (κ2) is 6.56. The molecule has 2 heterocycles. The normalized spacial score (nSPS) is 10.5. The van der Waals surface area contributed by atoms with Crippen molar-refractivity contribution in [1.29, 1.82) is 0 Å². The quantitative estimate of drug-likeness (QED) is 0.863. The molecule has 0 unspecified atom stereocenters. The van der Waals surface area contributed by atoms with Gasteiger partial charge in [-0.15, -0.1) is 0 Å². The smallest absolute Gasteiger partial charge is 0.263 e. The molecule has 2 aromatic rings. The molecule has 0 aliphatic rings. The summed E-state index contributed by atoms with van der Waals surface area (Å²) in [7, 11) is 3.41. The van der Waals surface area contributed by atoms with Crippen LogP contribution in [-0.2, 0) is 13.5 Å². The fraction of sp³-hybridized carbons (Fsp3) is 0.353. The zero-order valence-corrected chi connectivity index (χ0v) is 13.5. The Kier molecular flexibility index (Phi) is 4.75. The molecular weight excluding hydrogens is 278 g/mol. The Bertz CT molecular complexity index is 736. The number of aryl methyl sites for hydroxylation is 2. The highest BCUT2D eigenvalue weighted by Gasteiger charge is 2.19. The minimum Gasteiger partial charge on any atom is -0.341 e. The van der Waals surface area contributed by atoms with E-state index in [0.29, 0.717) is 6.54 Å². The lowest BCUT2D eigenvalue weighted by Crippen LogP contribution is -2.36. The molecule has 2 rings (SSSR count). The van der Waals surface area contributed by atoms with E-state index in [9.17, 15) is 9.59 Å². The van der Waals surface area contributed by atoms with Crippen LogP contribution >= 0.6 is 0 Å². The highest BCUT2D eigenvalue weighted by molar-refractivity contribution is 5.95. The van der Waals surface area contributed by atoms with Crippen LogP contribution in [0.1, 0.15) is 27.2 Å². The number of pyridine rings is 2. The Morgan fingerprint density at radius 2 is 1.91 bits per heavy atom. The monoisotopic (exact) mass is 299 g/mol. The van der Waals surface area contributed by atoms with Gasteiger partial charge < -0.3 is 9.47 Å². The summed E-state index contributed by atoms with van der Waals surface area (Å²) in [6.07, 6.45) is 4.20. The number of hydrogen-bond acceptors (Lipinski definition) is 3. The summed E-state index contributed by atoms with van der Waals surface area (Å²) >= 11 is 0. The molecule has 1 amide bonds. The van der Waals surface area contributed by atoms with Crippen LogP contribution in [0.25, 0.3) is 0 Å². The molecule has 116 valence electrons. The van der Waals surface area contributed by atoms with Crippen molar-refractivity contribution in [3.05, 3.63) is 63.3 Å². The first-order valence-corrected chi connectivity index (χ1v) is 7.23. The first-order valence-electron chi connectivity index (χ1n) is 7.23. The van der Waals surface area contributed by atoms with Crippen molar-refractivity contribution in [3.63, 3.8) is 0 Å². The van der Waals surface area contributed by atoms with Crippen molar-refractivity contribution in [3.8, 4) is 0 Å². The third-order valence-corrected chi connectivity index (χ3v) is 3.91. The second-order valence-corrected chi connectivity index (χ2v) is 5.54. The molecule has 0 aliphatic heterocycles. The van der Waals surface area contributed by atoms with Crippen LogP contribution in [0, 0.1) is 13.8 Å². The molecule has 0 atom stereocenters. The van der Waals surface area contributed by atoms with Gasteiger partial charge in [-0.2, -0.15) is 0 Å². The molecule has 2 aromatic heterocycles. The number of carbonyl (C=O) groups excluding carboxylic acids is 1. The number of amides is 1. The van der Waals surface area contributed by atoms with E-state index in [1.165, 1.54) is 4.57 Å². The van der Waals surface area contributed by atoms with Gasteiger partial charge in [-0.25, -0.2) is 0 Å². The van der Waals surface area contributed by atoms with Crippen LogP contribution in [-0.4, -0.2) is 34.0 Å². The number of nitrogens with zero attached hydrogens (tertiary/aromatic N) is 3. The Labute approximate surface area is 130 Å². The fourth-order valence-electron chi connectivity index (χ4n) is 2.38. The van der Waals surface area contributed by atoms with Gasteiger partial charge in [0.25, 0.3) is 11.5 Å². The minimum atomic E-state index is -0.238.